The van der Waals surface area contributed by atoms with E-state index in [1.807, 2.05) is 46.9 Å². The third kappa shape index (κ3) is 7.44. The summed E-state index contributed by atoms with van der Waals surface area (Å²) in [6, 6.07) is 8.67. The van der Waals surface area contributed by atoms with Crippen LogP contribution in [0.1, 0.15) is 92.5 Å². The lowest BCUT2D eigenvalue weighted by atomic mass is 9.88. The van der Waals surface area contributed by atoms with Gasteiger partial charge in [-0.05, 0) is 109 Å². The number of aryl methyl sites for hydroxylation is 2. The highest BCUT2D eigenvalue weighted by atomic mass is 16.6. The molecule has 0 atom stereocenters. The lowest BCUT2D eigenvalue weighted by Crippen LogP contribution is -2.46. The Hall–Kier alpha value is -3.55. The maximum Gasteiger partial charge on any atom is 0.410 e. The minimum absolute atomic E-state index is 0.0897. The van der Waals surface area contributed by atoms with Crippen LogP contribution in [0.4, 0.5) is 10.5 Å². The van der Waals surface area contributed by atoms with Gasteiger partial charge in [0, 0.05) is 54.7 Å². The van der Waals surface area contributed by atoms with Gasteiger partial charge in [-0.3, -0.25) is 4.79 Å². The van der Waals surface area contributed by atoms with Crippen molar-refractivity contribution in [2.24, 2.45) is 0 Å². The van der Waals surface area contributed by atoms with Crippen molar-refractivity contribution in [3.63, 3.8) is 0 Å². The number of fused-ring (bicyclic) bond motifs is 2. The standard InChI is InChI=1S/C34H48N4O4/c1-8-38(26-19-17-25(18-20-26)37(6)33(40)42-34(3,4)5)30-16-12-15-28-27(30)14-11-9-10-13-24-21-23(2)36-32(41-7)29(24)22-35-31(28)39/h9,11-12,15-16,21,25-26H,8,10,13-14,17-20,22H2,1-7H3,(H,35,39)/b11-9-. The van der Waals surface area contributed by atoms with Gasteiger partial charge in [0.2, 0.25) is 5.88 Å². The van der Waals surface area contributed by atoms with Gasteiger partial charge in [-0.25, -0.2) is 9.78 Å². The number of aromatic nitrogens is 1. The molecule has 0 unspecified atom stereocenters. The fourth-order valence-electron chi connectivity index (χ4n) is 6.28. The first-order valence-corrected chi connectivity index (χ1v) is 15.3. The molecule has 1 aliphatic carbocycles. The molecule has 1 aromatic heterocycles. The number of amides is 2. The molecule has 0 bridgehead atoms. The Balaban J connectivity index is 1.55. The van der Waals surface area contributed by atoms with Gasteiger partial charge in [0.05, 0.1) is 7.11 Å². The van der Waals surface area contributed by atoms with E-state index in [0.717, 1.165) is 73.1 Å². The SMILES string of the molecule is CCN(c1cccc2c1C/C=C\CCc1cc(C)nc(OC)c1CNC2=O)C1CCC(N(C)C(=O)OC(C)(C)C)CC1. The Morgan fingerprint density at radius 1 is 1.10 bits per heavy atom. The number of nitrogens with zero attached hydrogens (tertiary/aromatic N) is 3. The van der Waals surface area contributed by atoms with Crippen LogP contribution in [0.5, 0.6) is 5.88 Å². The Bertz CT molecular complexity index is 1290. The zero-order chi connectivity index (χ0) is 30.4. The largest absolute Gasteiger partial charge is 0.481 e. The number of ether oxygens (including phenoxy) is 2. The van der Waals surface area contributed by atoms with Crippen LogP contribution in [-0.2, 0) is 24.1 Å². The van der Waals surface area contributed by atoms with E-state index in [4.69, 9.17) is 9.47 Å². The molecule has 8 heteroatoms. The molecule has 2 aromatic rings. The Morgan fingerprint density at radius 3 is 2.48 bits per heavy atom. The first kappa shape index (κ1) is 31.4. The summed E-state index contributed by atoms with van der Waals surface area (Å²) < 4.78 is 11.2. The predicted octanol–water partition coefficient (Wildman–Crippen LogP) is 6.38. The topological polar surface area (TPSA) is 84.0 Å². The van der Waals surface area contributed by atoms with E-state index < -0.39 is 5.60 Å². The van der Waals surface area contributed by atoms with E-state index in [9.17, 15) is 9.59 Å². The van der Waals surface area contributed by atoms with Gasteiger partial charge in [-0.1, -0.05) is 18.2 Å². The second-order valence-electron chi connectivity index (χ2n) is 12.5. The van der Waals surface area contributed by atoms with Crippen molar-refractivity contribution in [2.45, 2.75) is 104 Å². The van der Waals surface area contributed by atoms with Gasteiger partial charge in [0.15, 0.2) is 0 Å². The number of hydrogen-bond acceptors (Lipinski definition) is 6. The van der Waals surface area contributed by atoms with Crippen molar-refractivity contribution in [1.29, 1.82) is 0 Å². The highest BCUT2D eigenvalue weighted by molar-refractivity contribution is 5.97. The zero-order valence-corrected chi connectivity index (χ0v) is 26.5. The number of carbonyl (C=O) groups is 2. The van der Waals surface area contributed by atoms with Gasteiger partial charge in [-0.2, -0.15) is 0 Å². The second-order valence-corrected chi connectivity index (χ2v) is 12.5. The average Bonchev–Trinajstić information content (AvgIpc) is 2.95. The van der Waals surface area contributed by atoms with E-state index in [2.05, 4.69) is 46.4 Å². The Labute approximate surface area is 251 Å². The smallest absolute Gasteiger partial charge is 0.410 e. The third-order valence-electron chi connectivity index (χ3n) is 8.38. The molecule has 2 amide bonds. The number of methoxy groups -OCH3 is 1. The summed E-state index contributed by atoms with van der Waals surface area (Å²) in [6.07, 6.45) is 10.4. The number of rotatable bonds is 5. The number of allylic oxidation sites excluding steroid dienone is 2. The molecule has 1 saturated carbocycles. The summed E-state index contributed by atoms with van der Waals surface area (Å²) in [5, 5.41) is 3.16. The molecular formula is C34H48N4O4. The molecule has 1 fully saturated rings. The molecule has 4 rings (SSSR count). The summed E-state index contributed by atoms with van der Waals surface area (Å²) in [5.41, 5.74) is 5.37. The summed E-state index contributed by atoms with van der Waals surface area (Å²) >= 11 is 0. The van der Waals surface area contributed by atoms with Crippen molar-refractivity contribution in [3.8, 4) is 5.88 Å². The highest BCUT2D eigenvalue weighted by Gasteiger charge is 2.32. The molecule has 1 aromatic carbocycles. The van der Waals surface area contributed by atoms with Crippen LogP contribution in [0.3, 0.4) is 0 Å². The van der Waals surface area contributed by atoms with E-state index in [0.29, 0.717) is 30.5 Å². The number of nitrogens with one attached hydrogen (secondary N) is 1. The monoisotopic (exact) mass is 576 g/mol. The summed E-state index contributed by atoms with van der Waals surface area (Å²) in [5.74, 6) is 0.485. The van der Waals surface area contributed by atoms with Gasteiger partial charge in [-0.15, -0.1) is 0 Å². The Kier molecular flexibility index (Phi) is 10.2. The van der Waals surface area contributed by atoms with Crippen molar-refractivity contribution >= 4 is 17.7 Å². The highest BCUT2D eigenvalue weighted by Crippen LogP contribution is 2.34. The normalized spacial score (nSPS) is 20.1. The minimum Gasteiger partial charge on any atom is -0.481 e. The van der Waals surface area contributed by atoms with Gasteiger partial charge >= 0.3 is 6.09 Å². The molecule has 2 heterocycles. The number of carbonyl (C=O) groups excluding carboxylic acids is 2. The van der Waals surface area contributed by atoms with E-state index in [-0.39, 0.29) is 18.0 Å². The maximum absolute atomic E-state index is 13.7. The molecule has 42 heavy (non-hydrogen) atoms. The average molecular weight is 577 g/mol. The number of hydrogen-bond donors (Lipinski definition) is 1. The molecule has 0 radical (unpaired) electrons. The van der Waals surface area contributed by atoms with Gasteiger partial charge in [0.1, 0.15) is 5.60 Å². The third-order valence-corrected chi connectivity index (χ3v) is 8.38. The number of anilines is 1. The lowest BCUT2D eigenvalue weighted by molar-refractivity contribution is 0.0183. The molecular weight excluding hydrogens is 528 g/mol. The molecule has 8 nitrogen and oxygen atoms in total. The van der Waals surface area contributed by atoms with Crippen LogP contribution in [-0.4, -0.2) is 60.3 Å². The van der Waals surface area contributed by atoms with Crippen molar-refractivity contribution < 1.29 is 19.1 Å². The summed E-state index contributed by atoms with van der Waals surface area (Å²) in [7, 11) is 3.48. The zero-order valence-electron chi connectivity index (χ0n) is 26.5. The number of benzene rings is 1. The predicted molar refractivity (Wildman–Crippen MR) is 167 cm³/mol. The van der Waals surface area contributed by atoms with Crippen LogP contribution in [0, 0.1) is 6.92 Å². The van der Waals surface area contributed by atoms with Crippen molar-refractivity contribution in [2.75, 3.05) is 25.6 Å². The van der Waals surface area contributed by atoms with Crippen LogP contribution in [0.2, 0.25) is 0 Å². The van der Waals surface area contributed by atoms with Crippen LogP contribution in [0.25, 0.3) is 0 Å². The fourth-order valence-corrected chi connectivity index (χ4v) is 6.28. The van der Waals surface area contributed by atoms with Crippen LogP contribution in [0.15, 0.2) is 36.4 Å². The molecule has 228 valence electrons. The van der Waals surface area contributed by atoms with Gasteiger partial charge in [0.25, 0.3) is 5.91 Å². The van der Waals surface area contributed by atoms with E-state index in [1.54, 1.807) is 12.0 Å². The van der Waals surface area contributed by atoms with Crippen LogP contribution < -0.4 is 15.0 Å². The maximum atomic E-state index is 13.7. The van der Waals surface area contributed by atoms with Crippen molar-refractivity contribution in [1.82, 2.24) is 15.2 Å². The quantitative estimate of drug-likeness (QED) is 0.416. The van der Waals surface area contributed by atoms with Gasteiger partial charge < -0.3 is 24.6 Å². The molecule has 0 saturated heterocycles. The minimum atomic E-state index is -0.506. The summed E-state index contributed by atoms with van der Waals surface area (Å²) in [6.45, 7) is 11.1. The first-order valence-electron chi connectivity index (χ1n) is 15.3. The van der Waals surface area contributed by atoms with Crippen molar-refractivity contribution in [3.05, 3.63) is 64.4 Å². The second kappa shape index (κ2) is 13.6. The lowest BCUT2D eigenvalue weighted by Gasteiger charge is -2.41. The first-order chi connectivity index (χ1) is 20.0. The molecule has 1 aliphatic heterocycles. The Morgan fingerprint density at radius 2 is 1.81 bits per heavy atom. The molecule has 1 N–H and O–H groups in total. The fraction of sp³-hybridized carbons (Fsp3) is 0.559. The number of pyridine rings is 1. The molecule has 2 aliphatic rings. The van der Waals surface area contributed by atoms with Crippen LogP contribution >= 0.6 is 0 Å². The van der Waals surface area contributed by atoms with E-state index in [1.165, 1.54) is 0 Å². The molecule has 0 spiro atoms. The van der Waals surface area contributed by atoms with E-state index >= 15 is 0 Å². The summed E-state index contributed by atoms with van der Waals surface area (Å²) in [4.78, 5) is 35.1.